The maximum Gasteiger partial charge on any atom is 0.490 e. The zero-order valence-corrected chi connectivity index (χ0v) is 15.1. The summed E-state index contributed by atoms with van der Waals surface area (Å²) in [6.07, 6.45) is -0.623. The molecule has 1 N–H and O–H groups in total. The average Bonchev–Trinajstić information content (AvgIpc) is 3.07. The first-order valence-corrected chi connectivity index (χ1v) is 8.09. The van der Waals surface area contributed by atoms with E-state index in [1.165, 1.54) is 5.56 Å². The molecular weight excluding hydrogens is 383 g/mol. The van der Waals surface area contributed by atoms with Crippen LogP contribution in [0.5, 0.6) is 0 Å². The van der Waals surface area contributed by atoms with Crippen LogP contribution in [0.2, 0.25) is 0 Å². The smallest absolute Gasteiger partial charge is 0.475 e. The predicted octanol–water partition coefficient (Wildman–Crippen LogP) is 2.36. The van der Waals surface area contributed by atoms with Crippen molar-refractivity contribution in [3.63, 3.8) is 0 Å². The van der Waals surface area contributed by atoms with E-state index >= 15 is 0 Å². The largest absolute Gasteiger partial charge is 0.490 e. The van der Waals surface area contributed by atoms with Gasteiger partial charge in [0.1, 0.15) is 5.76 Å². The molecule has 2 aromatic rings. The molecule has 3 rings (SSSR count). The lowest BCUT2D eigenvalue weighted by molar-refractivity contribution is -0.192. The monoisotopic (exact) mass is 401 g/mol. The summed E-state index contributed by atoms with van der Waals surface area (Å²) < 4.78 is 41.9. The van der Waals surface area contributed by atoms with Crippen molar-refractivity contribution in [3.05, 3.63) is 46.6 Å². The summed E-state index contributed by atoms with van der Waals surface area (Å²) >= 11 is 0. The van der Waals surface area contributed by atoms with E-state index in [0.717, 1.165) is 17.5 Å². The van der Waals surface area contributed by atoms with Gasteiger partial charge in [-0.15, -0.1) is 0 Å². The molecule has 8 nitrogen and oxygen atoms in total. The number of carboxylic acid groups (broad SMARTS) is 1. The summed E-state index contributed by atoms with van der Waals surface area (Å²) in [5.41, 5.74) is 3.77. The van der Waals surface area contributed by atoms with Gasteiger partial charge in [0, 0.05) is 38.7 Å². The van der Waals surface area contributed by atoms with Gasteiger partial charge in [-0.1, -0.05) is 5.16 Å². The minimum atomic E-state index is -5.08. The zero-order chi connectivity index (χ0) is 20.9. The highest BCUT2D eigenvalue weighted by Gasteiger charge is 2.38. The van der Waals surface area contributed by atoms with E-state index in [1.54, 1.807) is 25.0 Å². The van der Waals surface area contributed by atoms with Crippen molar-refractivity contribution in [1.82, 2.24) is 15.0 Å². The maximum absolute atomic E-state index is 12.4. The molecule has 0 unspecified atom stereocenters. The number of hydrogen-bond donors (Lipinski definition) is 1. The van der Waals surface area contributed by atoms with E-state index in [0.29, 0.717) is 31.2 Å². The zero-order valence-electron chi connectivity index (χ0n) is 15.1. The second-order valence-electron chi connectivity index (χ2n) is 5.97. The van der Waals surface area contributed by atoms with E-state index in [-0.39, 0.29) is 5.91 Å². The van der Waals surface area contributed by atoms with Crippen molar-refractivity contribution in [3.8, 4) is 0 Å². The number of ether oxygens (including phenoxy) is 1. The lowest BCUT2D eigenvalue weighted by atomic mass is 9.97. The van der Waals surface area contributed by atoms with Gasteiger partial charge in [-0.2, -0.15) is 13.2 Å². The van der Waals surface area contributed by atoms with E-state index in [1.807, 2.05) is 12.4 Å². The summed E-state index contributed by atoms with van der Waals surface area (Å²) in [5, 5.41) is 10.9. The summed E-state index contributed by atoms with van der Waals surface area (Å²) in [6.45, 7) is 3.53. The van der Waals surface area contributed by atoms with Gasteiger partial charge in [0.15, 0.2) is 5.69 Å². The Labute approximate surface area is 157 Å². The van der Waals surface area contributed by atoms with Gasteiger partial charge in [-0.05, 0) is 30.0 Å². The molecule has 1 aliphatic rings. The Morgan fingerprint density at radius 1 is 1.36 bits per heavy atom. The summed E-state index contributed by atoms with van der Waals surface area (Å²) in [5.74, 6) is -2.22. The number of aryl methyl sites for hydroxylation is 1. The van der Waals surface area contributed by atoms with Crippen molar-refractivity contribution in [2.75, 3.05) is 13.7 Å². The number of aliphatic carboxylic acids is 1. The fourth-order valence-corrected chi connectivity index (χ4v) is 2.65. The number of methoxy groups -OCH3 is 1. The van der Waals surface area contributed by atoms with Crippen LogP contribution in [0.4, 0.5) is 13.2 Å². The highest BCUT2D eigenvalue weighted by Crippen LogP contribution is 2.23. The van der Waals surface area contributed by atoms with Gasteiger partial charge in [0.2, 0.25) is 0 Å². The topological polar surface area (TPSA) is 106 Å². The van der Waals surface area contributed by atoms with Crippen LogP contribution in [0.3, 0.4) is 0 Å². The van der Waals surface area contributed by atoms with E-state index in [2.05, 4.69) is 10.1 Å². The van der Waals surface area contributed by atoms with Crippen molar-refractivity contribution in [2.45, 2.75) is 32.7 Å². The summed E-state index contributed by atoms with van der Waals surface area (Å²) in [7, 11) is 1.67. The van der Waals surface area contributed by atoms with Crippen LogP contribution in [0.1, 0.15) is 32.9 Å². The Morgan fingerprint density at radius 3 is 2.57 bits per heavy atom. The Balaban J connectivity index is 0.000000345. The minimum Gasteiger partial charge on any atom is -0.475 e. The molecule has 152 valence electrons. The number of amides is 1. The first-order chi connectivity index (χ1) is 13.1. The van der Waals surface area contributed by atoms with Crippen LogP contribution in [0.25, 0.3) is 0 Å². The molecular formula is C17H18F3N3O5. The number of halogens is 3. The van der Waals surface area contributed by atoms with Crippen LogP contribution in [-0.4, -0.2) is 51.9 Å². The molecule has 0 bridgehead atoms. The van der Waals surface area contributed by atoms with Crippen molar-refractivity contribution in [1.29, 1.82) is 0 Å². The SMILES string of the molecule is COCc1cncc2c1CCN(C(=O)c1cc(C)on1)C2.O=C(O)C(F)(F)F. The second-order valence-corrected chi connectivity index (χ2v) is 5.97. The molecule has 28 heavy (non-hydrogen) atoms. The summed E-state index contributed by atoms with van der Waals surface area (Å²) in [6, 6.07) is 1.66. The number of hydrogen-bond acceptors (Lipinski definition) is 6. The fraction of sp³-hybridized carbons (Fsp3) is 0.412. The van der Waals surface area contributed by atoms with Gasteiger partial charge in [0.05, 0.1) is 6.61 Å². The number of carbonyl (C=O) groups is 2. The molecule has 0 aromatic carbocycles. The van der Waals surface area contributed by atoms with Crippen LogP contribution in [0.15, 0.2) is 23.0 Å². The number of aromatic nitrogens is 2. The quantitative estimate of drug-likeness (QED) is 0.842. The number of carbonyl (C=O) groups excluding carboxylic acids is 1. The molecule has 11 heteroatoms. The first kappa shape index (κ1) is 21.4. The number of pyridine rings is 1. The lowest BCUT2D eigenvalue weighted by Gasteiger charge is -2.29. The first-order valence-electron chi connectivity index (χ1n) is 8.09. The average molecular weight is 401 g/mol. The number of carboxylic acids is 1. The molecule has 3 heterocycles. The number of nitrogens with zero attached hydrogens (tertiary/aromatic N) is 3. The Morgan fingerprint density at radius 2 is 2.04 bits per heavy atom. The van der Waals surface area contributed by atoms with E-state index in [9.17, 15) is 18.0 Å². The highest BCUT2D eigenvalue weighted by atomic mass is 19.4. The molecule has 1 amide bonds. The van der Waals surface area contributed by atoms with Crippen molar-refractivity contribution in [2.24, 2.45) is 0 Å². The van der Waals surface area contributed by atoms with E-state index < -0.39 is 12.1 Å². The molecule has 0 fully saturated rings. The highest BCUT2D eigenvalue weighted by molar-refractivity contribution is 5.92. The number of fused-ring (bicyclic) bond motifs is 1. The lowest BCUT2D eigenvalue weighted by Crippen LogP contribution is -2.36. The molecule has 0 saturated heterocycles. The molecule has 0 radical (unpaired) electrons. The standard InChI is InChI=1S/C15H17N3O3.C2HF3O2/c1-10-5-14(17-21-10)15(19)18-4-3-13-11(8-18)6-16-7-12(13)9-20-2;3-2(4,5)1(6)7/h5-7H,3-4,8-9H2,1-2H3;(H,6,7). The number of alkyl halides is 3. The molecule has 2 aromatic heterocycles. The molecule has 0 saturated carbocycles. The Kier molecular flexibility index (Phi) is 6.73. The minimum absolute atomic E-state index is 0.102. The molecule has 0 aliphatic carbocycles. The maximum atomic E-state index is 12.4. The molecule has 1 aliphatic heterocycles. The second kappa shape index (κ2) is 8.83. The number of rotatable bonds is 3. The van der Waals surface area contributed by atoms with E-state index in [4.69, 9.17) is 19.2 Å². The van der Waals surface area contributed by atoms with Gasteiger partial charge < -0.3 is 19.3 Å². The Bertz CT molecular complexity index is 851. The summed E-state index contributed by atoms with van der Waals surface area (Å²) in [4.78, 5) is 27.3. The predicted molar refractivity (Wildman–Crippen MR) is 88.3 cm³/mol. The Hall–Kier alpha value is -2.95. The van der Waals surface area contributed by atoms with Gasteiger partial charge in [0.25, 0.3) is 5.91 Å². The van der Waals surface area contributed by atoms with Crippen LogP contribution in [-0.2, 0) is 29.1 Å². The van der Waals surface area contributed by atoms with Crippen LogP contribution < -0.4 is 0 Å². The molecule has 0 atom stereocenters. The normalized spacial score (nSPS) is 13.4. The van der Waals surface area contributed by atoms with Gasteiger partial charge in [-0.3, -0.25) is 9.78 Å². The van der Waals surface area contributed by atoms with Gasteiger partial charge in [-0.25, -0.2) is 4.79 Å². The van der Waals surface area contributed by atoms with Crippen LogP contribution in [0, 0.1) is 6.92 Å². The third kappa shape index (κ3) is 5.28. The third-order valence-electron chi connectivity index (χ3n) is 3.91. The molecule has 0 spiro atoms. The van der Waals surface area contributed by atoms with Crippen molar-refractivity contribution >= 4 is 11.9 Å². The third-order valence-corrected chi connectivity index (χ3v) is 3.91. The van der Waals surface area contributed by atoms with Crippen molar-refractivity contribution < 1.29 is 37.1 Å². The van der Waals surface area contributed by atoms with Gasteiger partial charge >= 0.3 is 12.1 Å². The van der Waals surface area contributed by atoms with Crippen LogP contribution >= 0.6 is 0 Å². The fourth-order valence-electron chi connectivity index (χ4n) is 2.65.